The third-order valence-corrected chi connectivity index (χ3v) is 4.51. The Labute approximate surface area is 131 Å². The monoisotopic (exact) mass is 300 g/mol. The smallest absolute Gasteiger partial charge is 0.242 e. The molecular formula is C18H24N2O2. The van der Waals surface area contributed by atoms with Crippen molar-refractivity contribution in [1.29, 1.82) is 0 Å². The number of rotatable bonds is 2. The van der Waals surface area contributed by atoms with Gasteiger partial charge >= 0.3 is 0 Å². The molecule has 0 spiro atoms. The average molecular weight is 300 g/mol. The Kier molecular flexibility index (Phi) is 3.31. The van der Waals surface area contributed by atoms with Crippen molar-refractivity contribution in [2.24, 2.45) is 5.41 Å². The van der Waals surface area contributed by atoms with Crippen molar-refractivity contribution >= 4 is 17.5 Å². The molecule has 1 atom stereocenters. The number of nitrogens with zero attached hydrogens (tertiary/aromatic N) is 1. The Bertz CT molecular complexity index is 626. The molecule has 1 aliphatic carbocycles. The van der Waals surface area contributed by atoms with Crippen LogP contribution in [0.15, 0.2) is 24.3 Å². The Morgan fingerprint density at radius 1 is 1.23 bits per heavy atom. The number of benzene rings is 1. The van der Waals surface area contributed by atoms with Crippen LogP contribution in [-0.2, 0) is 16.0 Å². The minimum Gasteiger partial charge on any atom is -0.351 e. The van der Waals surface area contributed by atoms with E-state index in [1.54, 1.807) is 0 Å². The summed E-state index contributed by atoms with van der Waals surface area (Å²) in [6, 6.07) is 8.11. The maximum atomic E-state index is 13.1. The van der Waals surface area contributed by atoms with Crippen LogP contribution in [0.3, 0.4) is 0 Å². The standard InChI is InChI=1S/C18H24N2O2/c1-12-11-13-7-5-6-8-14(13)20(12)16(22)18(9-10-18)15(21)19-17(2,3)4/h5-8,12H,9-11H2,1-4H3,(H,19,21). The second-order valence-corrected chi connectivity index (χ2v) is 7.64. The van der Waals surface area contributed by atoms with Crippen LogP contribution in [0.1, 0.15) is 46.1 Å². The highest BCUT2D eigenvalue weighted by Gasteiger charge is 2.59. The van der Waals surface area contributed by atoms with Gasteiger partial charge in [-0.15, -0.1) is 0 Å². The molecule has 4 heteroatoms. The highest BCUT2D eigenvalue weighted by molar-refractivity contribution is 6.15. The van der Waals surface area contributed by atoms with E-state index in [2.05, 4.69) is 18.3 Å². The lowest BCUT2D eigenvalue weighted by Crippen LogP contribution is -2.51. The van der Waals surface area contributed by atoms with E-state index in [1.807, 2.05) is 43.9 Å². The molecule has 22 heavy (non-hydrogen) atoms. The largest absolute Gasteiger partial charge is 0.351 e. The number of anilines is 1. The van der Waals surface area contributed by atoms with Crippen LogP contribution in [0.5, 0.6) is 0 Å². The summed E-state index contributed by atoms with van der Waals surface area (Å²) in [5.41, 5.74) is 0.991. The molecule has 118 valence electrons. The fourth-order valence-electron chi connectivity index (χ4n) is 3.23. The van der Waals surface area contributed by atoms with Crippen LogP contribution in [0.4, 0.5) is 5.69 Å². The highest BCUT2D eigenvalue weighted by Crippen LogP contribution is 2.50. The predicted molar refractivity (Wildman–Crippen MR) is 86.7 cm³/mol. The van der Waals surface area contributed by atoms with E-state index in [4.69, 9.17) is 0 Å². The molecule has 1 fully saturated rings. The van der Waals surface area contributed by atoms with Crippen molar-refractivity contribution in [3.05, 3.63) is 29.8 Å². The normalized spacial score (nSPS) is 22.2. The predicted octanol–water partition coefficient (Wildman–Crippen LogP) is 2.66. The van der Waals surface area contributed by atoms with E-state index in [1.165, 1.54) is 5.56 Å². The van der Waals surface area contributed by atoms with E-state index < -0.39 is 5.41 Å². The topological polar surface area (TPSA) is 49.4 Å². The van der Waals surface area contributed by atoms with E-state index in [-0.39, 0.29) is 23.4 Å². The van der Waals surface area contributed by atoms with Crippen molar-refractivity contribution in [3.63, 3.8) is 0 Å². The van der Waals surface area contributed by atoms with Gasteiger partial charge in [-0.05, 0) is 58.6 Å². The molecule has 1 heterocycles. The maximum absolute atomic E-state index is 13.1. The summed E-state index contributed by atoms with van der Waals surface area (Å²) >= 11 is 0. The molecule has 3 rings (SSSR count). The summed E-state index contributed by atoms with van der Waals surface area (Å²) in [7, 11) is 0. The number of carbonyl (C=O) groups is 2. The molecule has 1 unspecified atom stereocenters. The van der Waals surface area contributed by atoms with Gasteiger partial charge in [0.2, 0.25) is 11.8 Å². The van der Waals surface area contributed by atoms with Crippen molar-refractivity contribution < 1.29 is 9.59 Å². The molecule has 0 aromatic heterocycles. The zero-order chi connectivity index (χ0) is 16.1. The van der Waals surface area contributed by atoms with Gasteiger partial charge in [0.1, 0.15) is 5.41 Å². The lowest BCUT2D eigenvalue weighted by molar-refractivity contribution is -0.136. The van der Waals surface area contributed by atoms with Gasteiger partial charge in [-0.3, -0.25) is 9.59 Å². The fraction of sp³-hybridized carbons (Fsp3) is 0.556. The van der Waals surface area contributed by atoms with Crippen LogP contribution in [0.25, 0.3) is 0 Å². The van der Waals surface area contributed by atoms with Crippen molar-refractivity contribution in [3.8, 4) is 0 Å². The molecule has 0 bridgehead atoms. The van der Waals surface area contributed by atoms with E-state index >= 15 is 0 Å². The Morgan fingerprint density at radius 2 is 1.86 bits per heavy atom. The first kappa shape index (κ1) is 15.1. The number of hydrogen-bond acceptors (Lipinski definition) is 2. The van der Waals surface area contributed by atoms with Gasteiger partial charge in [-0.2, -0.15) is 0 Å². The van der Waals surface area contributed by atoms with Crippen LogP contribution in [0.2, 0.25) is 0 Å². The van der Waals surface area contributed by atoms with E-state index in [9.17, 15) is 9.59 Å². The first-order chi connectivity index (χ1) is 10.2. The molecule has 4 nitrogen and oxygen atoms in total. The van der Waals surface area contributed by atoms with Gasteiger partial charge in [-0.25, -0.2) is 0 Å². The summed E-state index contributed by atoms with van der Waals surface area (Å²) < 4.78 is 0. The Morgan fingerprint density at radius 3 is 2.45 bits per heavy atom. The molecule has 1 saturated carbocycles. The molecule has 1 aromatic carbocycles. The highest BCUT2D eigenvalue weighted by atomic mass is 16.2. The first-order valence-corrected chi connectivity index (χ1v) is 7.99. The molecule has 1 N–H and O–H groups in total. The van der Waals surface area contributed by atoms with Gasteiger partial charge in [0.05, 0.1) is 0 Å². The number of para-hydroxylation sites is 1. The maximum Gasteiger partial charge on any atom is 0.242 e. The number of amides is 2. The number of carbonyl (C=O) groups excluding carboxylic acids is 2. The second kappa shape index (κ2) is 4.83. The quantitative estimate of drug-likeness (QED) is 0.854. The molecule has 2 amide bonds. The average Bonchev–Trinajstić information content (AvgIpc) is 3.14. The van der Waals surface area contributed by atoms with Gasteiger partial charge in [0.15, 0.2) is 0 Å². The molecule has 1 aromatic rings. The minimum atomic E-state index is -0.848. The summed E-state index contributed by atoms with van der Waals surface area (Å²) in [5, 5.41) is 2.98. The van der Waals surface area contributed by atoms with E-state index in [0.29, 0.717) is 12.8 Å². The third-order valence-electron chi connectivity index (χ3n) is 4.51. The van der Waals surface area contributed by atoms with Gasteiger partial charge in [0, 0.05) is 17.3 Å². The van der Waals surface area contributed by atoms with Crippen LogP contribution in [-0.4, -0.2) is 23.4 Å². The number of fused-ring (bicyclic) bond motifs is 1. The minimum absolute atomic E-state index is 0.0355. The Balaban J connectivity index is 1.87. The van der Waals surface area contributed by atoms with Crippen molar-refractivity contribution in [1.82, 2.24) is 5.32 Å². The first-order valence-electron chi connectivity index (χ1n) is 7.99. The molecular weight excluding hydrogens is 276 g/mol. The van der Waals surface area contributed by atoms with Crippen LogP contribution >= 0.6 is 0 Å². The van der Waals surface area contributed by atoms with E-state index in [0.717, 1.165) is 12.1 Å². The lowest BCUT2D eigenvalue weighted by Gasteiger charge is -2.29. The molecule has 0 radical (unpaired) electrons. The summed E-state index contributed by atoms with van der Waals surface area (Å²) in [5.74, 6) is -0.159. The van der Waals surface area contributed by atoms with Crippen LogP contribution in [0, 0.1) is 5.41 Å². The summed E-state index contributed by atoms with van der Waals surface area (Å²) in [4.78, 5) is 27.5. The van der Waals surface area contributed by atoms with Gasteiger partial charge < -0.3 is 10.2 Å². The van der Waals surface area contributed by atoms with Gasteiger partial charge in [0.25, 0.3) is 0 Å². The summed E-state index contributed by atoms with van der Waals surface area (Å²) in [6.07, 6.45) is 2.16. The second-order valence-electron chi connectivity index (χ2n) is 7.64. The molecule has 1 aliphatic heterocycles. The summed E-state index contributed by atoms with van der Waals surface area (Å²) in [6.45, 7) is 7.88. The Hall–Kier alpha value is -1.84. The van der Waals surface area contributed by atoms with Crippen molar-refractivity contribution in [2.45, 2.75) is 58.5 Å². The fourth-order valence-corrected chi connectivity index (χ4v) is 3.23. The van der Waals surface area contributed by atoms with Gasteiger partial charge in [-0.1, -0.05) is 18.2 Å². The lowest BCUT2D eigenvalue weighted by atomic mass is 10.00. The molecule has 0 saturated heterocycles. The zero-order valence-electron chi connectivity index (χ0n) is 13.8. The third kappa shape index (κ3) is 2.40. The van der Waals surface area contributed by atoms with Crippen molar-refractivity contribution in [2.75, 3.05) is 4.90 Å². The number of nitrogens with one attached hydrogen (secondary N) is 1. The van der Waals surface area contributed by atoms with Crippen LogP contribution < -0.4 is 10.2 Å². The SMILES string of the molecule is CC1Cc2ccccc2N1C(=O)C1(C(=O)NC(C)(C)C)CC1. The number of hydrogen-bond donors (Lipinski definition) is 1. The zero-order valence-corrected chi connectivity index (χ0v) is 13.8. The molecule has 2 aliphatic rings.